The van der Waals surface area contributed by atoms with Gasteiger partial charge in [0.05, 0.1) is 40.9 Å². The topological polar surface area (TPSA) is 208 Å². The van der Waals surface area contributed by atoms with Crippen LogP contribution in [0.25, 0.3) is 33.4 Å². The number of hydrogen-bond acceptors (Lipinski definition) is 10. The average molecular weight is 1630 g/mol. The van der Waals surface area contributed by atoms with E-state index in [1.54, 1.807) is 54.6 Å². The van der Waals surface area contributed by atoms with Crippen LogP contribution in [0.15, 0.2) is 200 Å². The first kappa shape index (κ1) is 83.3. The third kappa shape index (κ3) is 24.4. The van der Waals surface area contributed by atoms with Crippen molar-refractivity contribution < 1.29 is 14.4 Å². The molecule has 2 saturated carbocycles. The lowest BCUT2D eigenvalue weighted by molar-refractivity contribution is 0.0289. The summed E-state index contributed by atoms with van der Waals surface area (Å²) in [6.45, 7) is 12.4. The number of rotatable bonds is 21. The van der Waals surface area contributed by atoms with Crippen LogP contribution in [0.5, 0.6) is 0 Å². The quantitative estimate of drug-likeness (QED) is 0.0401. The van der Waals surface area contributed by atoms with Crippen molar-refractivity contribution in [1.82, 2.24) is 35.6 Å². The van der Waals surface area contributed by atoms with Crippen LogP contribution in [0.3, 0.4) is 0 Å². The van der Waals surface area contributed by atoms with E-state index in [1.807, 2.05) is 72.8 Å². The largest absolute Gasteiger partial charge is 0.337 e. The summed E-state index contributed by atoms with van der Waals surface area (Å²) in [5.74, 6) is 2.25. The number of nitrogens with one attached hydrogen (secondary N) is 6. The Morgan fingerprint density at radius 1 is 0.416 bits per heavy atom. The van der Waals surface area contributed by atoms with E-state index in [2.05, 4.69) is 156 Å². The minimum Gasteiger partial charge on any atom is -0.337 e. The first-order chi connectivity index (χ1) is 54.8. The molecule has 6 amide bonds. The van der Waals surface area contributed by atoms with Gasteiger partial charge < -0.3 is 41.7 Å². The fraction of sp³-hybridized carbons (Fsp3) is 0.341. The van der Waals surface area contributed by atoms with E-state index in [1.165, 1.54) is 56.2 Å². The molecule has 2 aliphatic carbocycles. The molecule has 9 aromatic carbocycles. The number of nitrogens with zero attached hydrogens (tertiary/aromatic N) is 7. The van der Waals surface area contributed by atoms with Crippen LogP contribution in [-0.2, 0) is 0 Å². The first-order valence-electron chi connectivity index (χ1n) is 39.0. The number of halogens is 6. The molecule has 22 heteroatoms. The van der Waals surface area contributed by atoms with Crippen molar-refractivity contribution in [3.8, 4) is 51.6 Å². The lowest BCUT2D eigenvalue weighted by Gasteiger charge is -2.46. The van der Waals surface area contributed by atoms with Gasteiger partial charge in [-0.25, -0.2) is 14.4 Å². The van der Waals surface area contributed by atoms with Gasteiger partial charge in [-0.05, 0) is 250 Å². The molecule has 0 spiro atoms. The summed E-state index contributed by atoms with van der Waals surface area (Å²) >= 11 is 36.5. The molecule has 0 aromatic heterocycles. The fourth-order valence-electron chi connectivity index (χ4n) is 16.3. The fourth-order valence-corrected chi connectivity index (χ4v) is 17.9. The van der Waals surface area contributed by atoms with E-state index in [4.69, 9.17) is 69.6 Å². The summed E-state index contributed by atoms with van der Waals surface area (Å²) in [4.78, 5) is 48.5. The highest BCUT2D eigenvalue weighted by Gasteiger charge is 2.36. The number of benzene rings is 9. The van der Waals surface area contributed by atoms with E-state index in [0.29, 0.717) is 107 Å². The third-order valence-electron chi connectivity index (χ3n) is 22.4. The number of carbonyl (C=O) groups excluding carboxylic acids is 3. The Bertz CT molecular complexity index is 4790. The molecule has 3 heterocycles. The van der Waals surface area contributed by atoms with Crippen molar-refractivity contribution in [2.24, 2.45) is 17.8 Å². The Balaban J connectivity index is 0.000000157. The van der Waals surface area contributed by atoms with Gasteiger partial charge in [0, 0.05) is 117 Å². The number of anilines is 3. The molecule has 113 heavy (non-hydrogen) atoms. The van der Waals surface area contributed by atoms with Crippen LogP contribution in [0.4, 0.5) is 31.4 Å². The summed E-state index contributed by atoms with van der Waals surface area (Å²) < 4.78 is 0. The molecule has 3 aliphatic heterocycles. The van der Waals surface area contributed by atoms with Gasteiger partial charge in [-0.15, -0.1) is 0 Å². The summed E-state index contributed by atoms with van der Waals surface area (Å²) in [5.41, 5.74) is 13.4. The highest BCUT2D eigenvalue weighted by Crippen LogP contribution is 2.39. The normalized spacial score (nSPS) is 17.2. The predicted octanol–water partition coefficient (Wildman–Crippen LogP) is 21.7. The lowest BCUT2D eigenvalue weighted by atomic mass is 9.79. The van der Waals surface area contributed by atoms with Crippen LogP contribution in [0, 0.1) is 51.7 Å². The molecule has 584 valence electrons. The Labute approximate surface area is 694 Å². The molecule has 9 aromatic rings. The Kier molecular flexibility index (Phi) is 30.0. The number of likely N-dealkylation sites (tertiary alicyclic amines) is 2. The van der Waals surface area contributed by atoms with Crippen molar-refractivity contribution in [1.29, 1.82) is 15.8 Å². The van der Waals surface area contributed by atoms with Crippen LogP contribution in [0.2, 0.25) is 30.1 Å². The molecular formula is C91H95Cl6N13O3. The molecule has 2 unspecified atom stereocenters. The Morgan fingerprint density at radius 3 is 1.14 bits per heavy atom. The summed E-state index contributed by atoms with van der Waals surface area (Å²) in [7, 11) is 2.15. The predicted molar refractivity (Wildman–Crippen MR) is 461 cm³/mol. The third-order valence-corrected chi connectivity index (χ3v) is 23.7. The summed E-state index contributed by atoms with van der Waals surface area (Å²) in [5, 5.41) is 48.4. The van der Waals surface area contributed by atoms with Crippen molar-refractivity contribution in [3.05, 3.63) is 264 Å². The molecule has 16 nitrogen and oxygen atoms in total. The smallest absolute Gasteiger partial charge is 0.319 e. The zero-order valence-corrected chi connectivity index (χ0v) is 68.2. The van der Waals surface area contributed by atoms with E-state index >= 15 is 0 Å². The van der Waals surface area contributed by atoms with Gasteiger partial charge in [0.25, 0.3) is 0 Å². The second-order valence-corrected chi connectivity index (χ2v) is 33.0. The molecule has 0 bridgehead atoms. The Hall–Kier alpha value is -9.16. The minimum atomic E-state index is -0.300. The second kappa shape index (κ2) is 40.7. The van der Waals surface area contributed by atoms with Crippen molar-refractivity contribution >= 4 is 105 Å². The molecular weight excluding hydrogens is 1540 g/mol. The molecule has 5 aliphatic rings. The lowest BCUT2D eigenvalue weighted by Crippen LogP contribution is -2.56. The SMILES string of the molecule is CN1CCC(C(CNC(=O)Nc2cc(Cl)cc(Cl)c2)c2ccc(-c3cccc(C#N)c3)cc2)CC1.C[C@H]1CN(C2CCCC2)CCN1[C@H](CNC(=O)Nc1cc(Cl)cc(Cl)c1)c1ccc(-c2cccc(C#N)c2)cc1.N#Cc1cccc(-c2ccc(C(CNC(=O)Nc3cc(Cl)cc(Cl)c3)C3CCN(CC4CC4)CC3)cc2)c1. The molecule has 14 rings (SSSR count). The van der Waals surface area contributed by atoms with Gasteiger partial charge in [0.15, 0.2) is 0 Å². The van der Waals surface area contributed by atoms with Crippen LogP contribution in [0.1, 0.15) is 122 Å². The number of piperazine rings is 1. The van der Waals surface area contributed by atoms with Gasteiger partial charge in [-0.1, -0.05) is 192 Å². The second-order valence-electron chi connectivity index (χ2n) is 30.4. The molecule has 6 N–H and O–H groups in total. The van der Waals surface area contributed by atoms with Crippen LogP contribution in [-0.4, -0.2) is 129 Å². The van der Waals surface area contributed by atoms with E-state index in [-0.39, 0.29) is 36.0 Å². The molecule has 3 saturated heterocycles. The maximum atomic E-state index is 12.9. The molecule has 4 atom stereocenters. The van der Waals surface area contributed by atoms with Crippen molar-refractivity contribution in [3.63, 3.8) is 0 Å². The van der Waals surface area contributed by atoms with Crippen LogP contribution < -0.4 is 31.9 Å². The number of amides is 6. The monoisotopic (exact) mass is 1630 g/mol. The highest BCUT2D eigenvalue weighted by atomic mass is 35.5. The highest BCUT2D eigenvalue weighted by molar-refractivity contribution is 6.36. The zero-order chi connectivity index (χ0) is 79.3. The standard InChI is InChI=1S/C32H35Cl2N5O.C31H32Cl2N4O.C28H28Cl2N4O/c1-22-21-38(30-7-2-3-8-30)13-14-39(22)31(20-36-32(40)37-29-17-27(33)16-28(34)18-29)25-11-9-24(10-12-25)26-6-4-5-23(15-26)19-35;32-27-15-28(33)17-29(16-27)36-31(38)35-19-30(25-10-12-37(13-11-25)20-21-4-5-21)24-8-6-23(7-9-24)26-3-1-2-22(14-26)18-34;1-34-11-9-22(10-12-34)27(18-32-28(35)33-26-15-24(29)14-25(30)16-26)21-7-5-20(6-8-21)23-4-2-3-19(13-23)17-31/h4-6,9-12,15-18,22,30-31H,2-3,7-8,13-14,20-21H2,1H3,(H2,36,37,40);1-3,6-9,14-17,21,25,30H,4-5,10-13,19-20H2,(H2,35,36,38);2-8,13-16,22,27H,9-12,18H2,1H3,(H2,32,33,35)/t22-,31+;;/m0../s1. The van der Waals surface area contributed by atoms with Crippen molar-refractivity contribution in [2.45, 2.75) is 101 Å². The van der Waals surface area contributed by atoms with Gasteiger partial charge in [-0.2, -0.15) is 15.8 Å². The van der Waals surface area contributed by atoms with Gasteiger partial charge in [0.1, 0.15) is 0 Å². The number of nitriles is 3. The van der Waals surface area contributed by atoms with E-state index in [0.717, 1.165) is 116 Å². The molecule has 0 radical (unpaired) electrons. The van der Waals surface area contributed by atoms with Gasteiger partial charge in [-0.3, -0.25) is 9.80 Å². The van der Waals surface area contributed by atoms with Gasteiger partial charge >= 0.3 is 18.1 Å². The Morgan fingerprint density at radius 2 is 0.779 bits per heavy atom. The first-order valence-corrected chi connectivity index (χ1v) is 41.3. The van der Waals surface area contributed by atoms with Crippen molar-refractivity contribution in [2.75, 3.05) is 95.0 Å². The molecule has 5 fully saturated rings. The number of urea groups is 3. The zero-order valence-electron chi connectivity index (χ0n) is 63.6. The number of carbonyl (C=O) groups is 3. The number of hydrogen-bond donors (Lipinski definition) is 6. The maximum absolute atomic E-state index is 12.9. The van der Waals surface area contributed by atoms with Crippen LogP contribution >= 0.6 is 69.6 Å². The summed E-state index contributed by atoms with van der Waals surface area (Å²) in [6.07, 6.45) is 12.4. The van der Waals surface area contributed by atoms with Gasteiger partial charge in [0.2, 0.25) is 0 Å². The van der Waals surface area contributed by atoms with E-state index < -0.39 is 0 Å². The average Bonchev–Trinajstić information content (AvgIpc) is 1.76. The minimum absolute atomic E-state index is 0.00826. The summed E-state index contributed by atoms with van der Waals surface area (Å²) in [6, 6.07) is 70.3. The number of piperidine rings is 2. The van der Waals surface area contributed by atoms with E-state index in [9.17, 15) is 30.2 Å². The maximum Gasteiger partial charge on any atom is 0.319 e.